The third-order valence-corrected chi connectivity index (χ3v) is 9.40. The summed E-state index contributed by atoms with van der Waals surface area (Å²) in [6.45, 7) is 0. The van der Waals surface area contributed by atoms with Crippen LogP contribution in [0.1, 0.15) is 0 Å². The highest BCUT2D eigenvalue weighted by molar-refractivity contribution is 6.10. The van der Waals surface area contributed by atoms with Crippen molar-refractivity contribution >= 4 is 60.2 Å². The summed E-state index contributed by atoms with van der Waals surface area (Å²) >= 11 is 0. The predicted octanol–water partition coefficient (Wildman–Crippen LogP) is 13.1. The Morgan fingerprint density at radius 3 is 1.26 bits per heavy atom. The van der Waals surface area contributed by atoms with Gasteiger partial charge < -0.3 is 4.90 Å². The number of hydrogen-bond acceptors (Lipinski definition) is 1. The molecule has 0 aromatic heterocycles. The normalized spacial score (nSPS) is 11.4. The van der Waals surface area contributed by atoms with Gasteiger partial charge in [0.2, 0.25) is 0 Å². The molecule has 0 spiro atoms. The minimum Gasteiger partial charge on any atom is -0.310 e. The van der Waals surface area contributed by atoms with E-state index in [0.29, 0.717) is 0 Å². The molecule has 0 N–H and O–H groups in total. The maximum atomic E-state index is 2.39. The van der Waals surface area contributed by atoms with Crippen LogP contribution in [0.25, 0.3) is 65.3 Å². The molecule has 0 radical (unpaired) electrons. The molecule has 0 unspecified atom stereocenters. The quantitative estimate of drug-likeness (QED) is 0.178. The zero-order chi connectivity index (χ0) is 31.2. The second-order valence-electron chi connectivity index (χ2n) is 12.2. The fourth-order valence-electron chi connectivity index (χ4n) is 7.04. The first kappa shape index (κ1) is 27.2. The van der Waals surface area contributed by atoms with E-state index in [1.165, 1.54) is 65.3 Å². The van der Waals surface area contributed by atoms with Gasteiger partial charge in [-0.1, -0.05) is 152 Å². The van der Waals surface area contributed by atoms with Crippen molar-refractivity contribution < 1.29 is 0 Å². The fourth-order valence-corrected chi connectivity index (χ4v) is 7.04. The SMILES string of the molecule is c1ccc(-c2ccc(-c3cccc(N(c4ccc5c(ccc6ccccc65)c4)c4ccc5c(ccc6ccccc65)c4)c3)cc2)cc1. The largest absolute Gasteiger partial charge is 0.310 e. The van der Waals surface area contributed by atoms with E-state index in [9.17, 15) is 0 Å². The summed E-state index contributed by atoms with van der Waals surface area (Å²) in [5, 5.41) is 10.1. The lowest BCUT2D eigenvalue weighted by atomic mass is 9.98. The van der Waals surface area contributed by atoms with Gasteiger partial charge in [0, 0.05) is 17.1 Å². The highest BCUT2D eigenvalue weighted by Gasteiger charge is 2.16. The zero-order valence-corrected chi connectivity index (χ0v) is 25.8. The van der Waals surface area contributed by atoms with E-state index >= 15 is 0 Å². The molecule has 9 aromatic carbocycles. The van der Waals surface area contributed by atoms with Crippen molar-refractivity contribution in [3.8, 4) is 22.3 Å². The van der Waals surface area contributed by atoms with Crippen LogP contribution in [0.4, 0.5) is 17.1 Å². The summed E-state index contributed by atoms with van der Waals surface area (Å²) in [5.74, 6) is 0. The highest BCUT2D eigenvalue weighted by atomic mass is 15.1. The minimum absolute atomic E-state index is 1.12. The molecule has 0 aliphatic carbocycles. The van der Waals surface area contributed by atoms with Crippen molar-refractivity contribution in [2.75, 3.05) is 4.90 Å². The van der Waals surface area contributed by atoms with Crippen molar-refractivity contribution in [2.24, 2.45) is 0 Å². The monoisotopic (exact) mass is 597 g/mol. The molecule has 1 heteroatoms. The lowest BCUT2D eigenvalue weighted by Crippen LogP contribution is -2.10. The first-order valence-corrected chi connectivity index (χ1v) is 16.2. The van der Waals surface area contributed by atoms with Gasteiger partial charge in [-0.05, 0) is 102 Å². The molecule has 9 aromatic rings. The second kappa shape index (κ2) is 11.3. The average molecular weight is 598 g/mol. The lowest BCUT2D eigenvalue weighted by molar-refractivity contribution is 1.29. The minimum atomic E-state index is 1.12. The lowest BCUT2D eigenvalue weighted by Gasteiger charge is -2.27. The first-order valence-electron chi connectivity index (χ1n) is 16.2. The van der Waals surface area contributed by atoms with Gasteiger partial charge in [-0.2, -0.15) is 0 Å². The van der Waals surface area contributed by atoms with Crippen molar-refractivity contribution in [1.82, 2.24) is 0 Å². The summed E-state index contributed by atoms with van der Waals surface area (Å²) < 4.78 is 0. The van der Waals surface area contributed by atoms with E-state index in [4.69, 9.17) is 0 Å². The van der Waals surface area contributed by atoms with Crippen LogP contribution < -0.4 is 4.90 Å². The van der Waals surface area contributed by atoms with Crippen LogP contribution >= 0.6 is 0 Å². The van der Waals surface area contributed by atoms with Crippen molar-refractivity contribution in [1.29, 1.82) is 0 Å². The van der Waals surface area contributed by atoms with Crippen LogP contribution in [0.15, 0.2) is 188 Å². The molecule has 0 aliphatic rings. The maximum absolute atomic E-state index is 2.39. The molecular formula is C46H31N. The van der Waals surface area contributed by atoms with Gasteiger partial charge in [-0.25, -0.2) is 0 Å². The first-order chi connectivity index (χ1) is 23.3. The Morgan fingerprint density at radius 1 is 0.234 bits per heavy atom. The van der Waals surface area contributed by atoms with Crippen LogP contribution in [0.2, 0.25) is 0 Å². The maximum Gasteiger partial charge on any atom is 0.0468 e. The second-order valence-corrected chi connectivity index (χ2v) is 12.2. The van der Waals surface area contributed by atoms with E-state index in [1.807, 2.05) is 0 Å². The Balaban J connectivity index is 1.19. The molecule has 0 heterocycles. The van der Waals surface area contributed by atoms with E-state index in [0.717, 1.165) is 17.1 Å². The highest BCUT2D eigenvalue weighted by Crippen LogP contribution is 2.40. The number of fused-ring (bicyclic) bond motifs is 6. The molecule has 47 heavy (non-hydrogen) atoms. The number of hydrogen-bond donors (Lipinski definition) is 0. The van der Waals surface area contributed by atoms with Crippen molar-refractivity contribution in [3.63, 3.8) is 0 Å². The standard InChI is InChI=1S/C46H31N/c1-2-9-32(10-3-1)33-17-19-34(20-18-33)37-13-8-14-40(29-37)47(41-25-27-45-38(30-41)23-21-35-11-4-6-15-43(35)45)42-26-28-46-39(31-42)24-22-36-12-5-7-16-44(36)46/h1-31H. The van der Waals surface area contributed by atoms with Crippen LogP contribution in [0.3, 0.4) is 0 Å². The Kier molecular flexibility index (Phi) is 6.54. The number of nitrogens with zero attached hydrogens (tertiary/aromatic N) is 1. The van der Waals surface area contributed by atoms with Crippen LogP contribution in [-0.4, -0.2) is 0 Å². The third-order valence-electron chi connectivity index (χ3n) is 9.40. The fraction of sp³-hybridized carbons (Fsp3) is 0. The molecule has 220 valence electrons. The van der Waals surface area contributed by atoms with Crippen molar-refractivity contribution in [3.05, 3.63) is 188 Å². The Labute approximate surface area is 274 Å². The Hall–Kier alpha value is -6.18. The molecule has 0 saturated heterocycles. The smallest absolute Gasteiger partial charge is 0.0468 e. The predicted molar refractivity (Wildman–Crippen MR) is 202 cm³/mol. The van der Waals surface area contributed by atoms with E-state index in [2.05, 4.69) is 193 Å². The van der Waals surface area contributed by atoms with Gasteiger partial charge in [0.15, 0.2) is 0 Å². The molecule has 0 fully saturated rings. The van der Waals surface area contributed by atoms with E-state index in [1.54, 1.807) is 0 Å². The molecule has 0 atom stereocenters. The number of rotatable bonds is 5. The van der Waals surface area contributed by atoms with Gasteiger partial charge in [0.1, 0.15) is 0 Å². The summed E-state index contributed by atoms with van der Waals surface area (Å²) in [6.07, 6.45) is 0. The van der Waals surface area contributed by atoms with Crippen LogP contribution in [0, 0.1) is 0 Å². The zero-order valence-electron chi connectivity index (χ0n) is 25.8. The molecule has 1 nitrogen and oxygen atoms in total. The molecule has 0 bridgehead atoms. The molecular weight excluding hydrogens is 567 g/mol. The summed E-state index contributed by atoms with van der Waals surface area (Å²) in [4.78, 5) is 2.39. The van der Waals surface area contributed by atoms with Crippen LogP contribution in [0.5, 0.6) is 0 Å². The molecule has 0 amide bonds. The summed E-state index contributed by atoms with van der Waals surface area (Å²) in [7, 11) is 0. The molecule has 0 saturated carbocycles. The average Bonchev–Trinajstić information content (AvgIpc) is 3.15. The van der Waals surface area contributed by atoms with E-state index in [-0.39, 0.29) is 0 Å². The summed E-state index contributed by atoms with van der Waals surface area (Å²) in [5.41, 5.74) is 8.21. The van der Waals surface area contributed by atoms with Gasteiger partial charge in [0.05, 0.1) is 0 Å². The van der Waals surface area contributed by atoms with Crippen LogP contribution in [-0.2, 0) is 0 Å². The van der Waals surface area contributed by atoms with Gasteiger partial charge in [0.25, 0.3) is 0 Å². The van der Waals surface area contributed by atoms with Crippen molar-refractivity contribution in [2.45, 2.75) is 0 Å². The van der Waals surface area contributed by atoms with Gasteiger partial charge in [-0.15, -0.1) is 0 Å². The number of benzene rings is 9. The van der Waals surface area contributed by atoms with E-state index < -0.39 is 0 Å². The van der Waals surface area contributed by atoms with Gasteiger partial charge >= 0.3 is 0 Å². The topological polar surface area (TPSA) is 3.24 Å². The van der Waals surface area contributed by atoms with Gasteiger partial charge in [-0.3, -0.25) is 0 Å². The molecule has 9 rings (SSSR count). The summed E-state index contributed by atoms with van der Waals surface area (Å²) in [6, 6.07) is 68.3. The molecule has 0 aliphatic heterocycles. The third kappa shape index (κ3) is 4.90. The Morgan fingerprint density at radius 2 is 0.660 bits per heavy atom. The number of anilines is 3. The Bertz CT molecular complexity index is 2440.